The van der Waals surface area contributed by atoms with E-state index in [4.69, 9.17) is 0 Å². The zero-order valence-electron chi connectivity index (χ0n) is 11.0. The van der Waals surface area contributed by atoms with Crippen molar-refractivity contribution >= 4 is 5.91 Å². The number of amides is 1. The van der Waals surface area contributed by atoms with Crippen LogP contribution in [0.25, 0.3) is 0 Å². The number of carbonyl (C=O) groups is 1. The Morgan fingerprint density at radius 2 is 1.78 bits per heavy atom. The monoisotopic (exact) mass is 248 g/mol. The number of carbonyl (C=O) groups excluding carboxylic acids is 1. The highest BCUT2D eigenvalue weighted by molar-refractivity contribution is 5.83. The van der Waals surface area contributed by atoms with Crippen LogP contribution in [0.2, 0.25) is 0 Å². The van der Waals surface area contributed by atoms with Crippen molar-refractivity contribution in [1.82, 2.24) is 10.6 Å². The fraction of sp³-hybridized carbons (Fsp3) is 0.933. The first-order valence-electron chi connectivity index (χ1n) is 7.85. The molecule has 1 saturated heterocycles. The van der Waals surface area contributed by atoms with E-state index in [0.717, 1.165) is 49.6 Å². The normalized spacial score (nSPS) is 49.6. The molecule has 2 N–H and O–H groups in total. The van der Waals surface area contributed by atoms with Crippen LogP contribution in [0.3, 0.4) is 0 Å². The zero-order chi connectivity index (χ0) is 12.1. The summed E-state index contributed by atoms with van der Waals surface area (Å²) in [4.78, 5) is 12.4. The Morgan fingerprint density at radius 1 is 1.00 bits per heavy atom. The Morgan fingerprint density at radius 3 is 2.56 bits per heavy atom. The molecular weight excluding hydrogens is 224 g/mol. The third-order valence-electron chi connectivity index (χ3n) is 5.96. The molecule has 3 heteroatoms. The number of hydrogen-bond donors (Lipinski definition) is 2. The average molecular weight is 248 g/mol. The summed E-state index contributed by atoms with van der Waals surface area (Å²) in [6.07, 6.45) is 7.72. The molecule has 1 amide bonds. The summed E-state index contributed by atoms with van der Waals surface area (Å²) in [5, 5.41) is 6.75. The molecule has 3 aliphatic carbocycles. The summed E-state index contributed by atoms with van der Waals surface area (Å²) in [6.45, 7) is 2.18. The molecule has 4 rings (SSSR count). The molecule has 0 radical (unpaired) electrons. The van der Waals surface area contributed by atoms with Gasteiger partial charge in [0.2, 0.25) is 5.91 Å². The van der Waals surface area contributed by atoms with Gasteiger partial charge in [0, 0.05) is 12.0 Å². The summed E-state index contributed by atoms with van der Waals surface area (Å²) in [7, 11) is 0. The van der Waals surface area contributed by atoms with Gasteiger partial charge in [-0.05, 0) is 75.3 Å². The maximum absolute atomic E-state index is 12.4. The second kappa shape index (κ2) is 4.22. The maximum Gasteiger partial charge on any atom is 0.223 e. The topological polar surface area (TPSA) is 41.1 Å². The molecule has 0 spiro atoms. The molecular formula is C15H24N2O. The van der Waals surface area contributed by atoms with Crippen LogP contribution >= 0.6 is 0 Å². The van der Waals surface area contributed by atoms with E-state index >= 15 is 0 Å². The molecule has 18 heavy (non-hydrogen) atoms. The van der Waals surface area contributed by atoms with Crippen LogP contribution in [0, 0.1) is 29.6 Å². The molecule has 0 aromatic carbocycles. The highest BCUT2D eigenvalue weighted by atomic mass is 16.2. The minimum absolute atomic E-state index is 0.397. The lowest BCUT2D eigenvalue weighted by Gasteiger charge is -2.17. The van der Waals surface area contributed by atoms with E-state index < -0.39 is 0 Å². The largest absolute Gasteiger partial charge is 0.353 e. The van der Waals surface area contributed by atoms with Gasteiger partial charge in [-0.1, -0.05) is 0 Å². The Labute approximate surface area is 109 Å². The van der Waals surface area contributed by atoms with E-state index in [-0.39, 0.29) is 0 Å². The van der Waals surface area contributed by atoms with E-state index in [0.29, 0.717) is 17.9 Å². The van der Waals surface area contributed by atoms with Gasteiger partial charge in [-0.25, -0.2) is 0 Å². The van der Waals surface area contributed by atoms with Crippen LogP contribution in [-0.2, 0) is 4.79 Å². The van der Waals surface area contributed by atoms with Crippen molar-refractivity contribution in [2.45, 2.75) is 44.6 Å². The van der Waals surface area contributed by atoms with Crippen molar-refractivity contribution in [3.8, 4) is 0 Å². The second-order valence-corrected chi connectivity index (χ2v) is 6.90. The Kier molecular flexibility index (Phi) is 2.65. The first-order valence-corrected chi connectivity index (χ1v) is 7.85. The summed E-state index contributed by atoms with van der Waals surface area (Å²) in [6, 6.07) is 0.437. The van der Waals surface area contributed by atoms with E-state index in [1.54, 1.807) is 0 Å². The lowest BCUT2D eigenvalue weighted by atomic mass is 10.0. The van der Waals surface area contributed by atoms with Crippen LogP contribution < -0.4 is 10.6 Å². The van der Waals surface area contributed by atoms with Gasteiger partial charge in [-0.15, -0.1) is 0 Å². The van der Waals surface area contributed by atoms with Gasteiger partial charge in [0.1, 0.15) is 0 Å². The van der Waals surface area contributed by atoms with Gasteiger partial charge < -0.3 is 10.6 Å². The van der Waals surface area contributed by atoms with Crippen LogP contribution in [0.5, 0.6) is 0 Å². The average Bonchev–Trinajstić information content (AvgIpc) is 2.95. The maximum atomic E-state index is 12.4. The van der Waals surface area contributed by atoms with E-state index in [9.17, 15) is 4.79 Å². The van der Waals surface area contributed by atoms with Crippen molar-refractivity contribution in [2.24, 2.45) is 29.6 Å². The molecule has 0 aromatic heterocycles. The van der Waals surface area contributed by atoms with E-state index in [2.05, 4.69) is 10.6 Å². The summed E-state index contributed by atoms with van der Waals surface area (Å²) in [5.41, 5.74) is 0. The summed E-state index contributed by atoms with van der Waals surface area (Å²) in [5.74, 6) is 4.19. The van der Waals surface area contributed by atoms with Crippen LogP contribution in [-0.4, -0.2) is 25.0 Å². The van der Waals surface area contributed by atoms with Crippen molar-refractivity contribution in [1.29, 1.82) is 0 Å². The lowest BCUT2D eigenvalue weighted by Crippen LogP contribution is -2.37. The minimum atomic E-state index is 0.397. The molecule has 5 atom stereocenters. The second-order valence-electron chi connectivity index (χ2n) is 6.90. The fourth-order valence-corrected chi connectivity index (χ4v) is 5.14. The summed E-state index contributed by atoms with van der Waals surface area (Å²) >= 11 is 0. The standard InChI is InChI=1S/C15H24N2O/c18-15(17-11-2-1-6-16-7-5-11)14-12-9-3-4-10(8-9)13(12)14/h9-14,16H,1-8H2,(H,17,18). The molecule has 5 unspecified atom stereocenters. The number of nitrogens with one attached hydrogen (secondary N) is 2. The predicted molar refractivity (Wildman–Crippen MR) is 70.0 cm³/mol. The van der Waals surface area contributed by atoms with Crippen LogP contribution in [0.4, 0.5) is 0 Å². The third kappa shape index (κ3) is 1.70. The van der Waals surface area contributed by atoms with Gasteiger partial charge >= 0.3 is 0 Å². The molecule has 2 bridgehead atoms. The number of fused-ring (bicyclic) bond motifs is 5. The molecule has 4 aliphatic rings. The molecule has 3 saturated carbocycles. The van der Waals surface area contributed by atoms with Gasteiger partial charge in [-0.3, -0.25) is 4.79 Å². The Bertz CT molecular complexity index is 332. The molecule has 1 aliphatic heterocycles. The van der Waals surface area contributed by atoms with Gasteiger partial charge in [0.15, 0.2) is 0 Å². The molecule has 0 aromatic rings. The minimum Gasteiger partial charge on any atom is -0.353 e. The van der Waals surface area contributed by atoms with Crippen molar-refractivity contribution in [3.05, 3.63) is 0 Å². The van der Waals surface area contributed by atoms with Gasteiger partial charge in [0.05, 0.1) is 0 Å². The molecule has 3 nitrogen and oxygen atoms in total. The first kappa shape index (κ1) is 11.3. The zero-order valence-corrected chi connectivity index (χ0v) is 11.0. The van der Waals surface area contributed by atoms with Crippen molar-refractivity contribution in [3.63, 3.8) is 0 Å². The van der Waals surface area contributed by atoms with Crippen LogP contribution in [0.15, 0.2) is 0 Å². The Balaban J connectivity index is 1.35. The highest BCUT2D eigenvalue weighted by Gasteiger charge is 2.67. The predicted octanol–water partition coefficient (Wildman–Crippen LogP) is 1.54. The van der Waals surface area contributed by atoms with Gasteiger partial charge in [-0.2, -0.15) is 0 Å². The number of rotatable bonds is 2. The first-order chi connectivity index (χ1) is 8.84. The summed E-state index contributed by atoms with van der Waals surface area (Å²) < 4.78 is 0. The molecule has 1 heterocycles. The highest BCUT2D eigenvalue weighted by Crippen LogP contribution is 2.69. The smallest absolute Gasteiger partial charge is 0.223 e. The van der Waals surface area contributed by atoms with E-state index in [1.165, 1.54) is 25.7 Å². The lowest BCUT2D eigenvalue weighted by molar-refractivity contribution is -0.124. The Hall–Kier alpha value is -0.570. The molecule has 100 valence electrons. The van der Waals surface area contributed by atoms with E-state index in [1.807, 2.05) is 0 Å². The van der Waals surface area contributed by atoms with Crippen LogP contribution in [0.1, 0.15) is 38.5 Å². The third-order valence-corrected chi connectivity index (χ3v) is 5.96. The van der Waals surface area contributed by atoms with Crippen molar-refractivity contribution < 1.29 is 4.79 Å². The van der Waals surface area contributed by atoms with Gasteiger partial charge in [0.25, 0.3) is 0 Å². The number of hydrogen-bond acceptors (Lipinski definition) is 2. The molecule has 4 fully saturated rings. The fourth-order valence-electron chi connectivity index (χ4n) is 5.14. The van der Waals surface area contributed by atoms with Crippen molar-refractivity contribution in [2.75, 3.05) is 13.1 Å². The SMILES string of the molecule is O=C(NC1CCCNCC1)C1C2C3CCC(C3)C12. The quantitative estimate of drug-likeness (QED) is 0.778.